The van der Waals surface area contributed by atoms with Crippen LogP contribution in [0, 0.1) is 17.5 Å². The van der Waals surface area contributed by atoms with Crippen molar-refractivity contribution in [3.05, 3.63) is 65.0 Å². The summed E-state index contributed by atoms with van der Waals surface area (Å²) < 4.78 is 49.5. The second-order valence-electron chi connectivity index (χ2n) is 7.79. The maximum atomic E-state index is 14.8. The number of unbranched alkanes of at least 4 members (excludes halogenated alkanes) is 2. The average molecular weight is 403 g/mol. The fourth-order valence-electron chi connectivity index (χ4n) is 4.00. The Hall–Kier alpha value is -2.07. The molecule has 4 heteroatoms. The van der Waals surface area contributed by atoms with Crippen LogP contribution in [-0.4, -0.2) is 12.7 Å². The average Bonchev–Trinajstić information content (AvgIpc) is 2.73. The zero-order chi connectivity index (χ0) is 20.8. The van der Waals surface area contributed by atoms with Gasteiger partial charge in [-0.05, 0) is 37.8 Å². The van der Waals surface area contributed by atoms with Crippen LogP contribution in [-0.2, 0) is 4.74 Å². The molecule has 156 valence electrons. The smallest absolute Gasteiger partial charge is 0.167 e. The van der Waals surface area contributed by atoms with Crippen LogP contribution in [0.15, 0.2) is 36.4 Å². The lowest BCUT2D eigenvalue weighted by Crippen LogP contribution is -2.24. The lowest BCUT2D eigenvalue weighted by Gasteiger charge is -2.29. The van der Waals surface area contributed by atoms with Crippen LogP contribution in [0.1, 0.15) is 69.4 Å². The third-order valence-corrected chi connectivity index (χ3v) is 5.71. The molecule has 0 saturated carbocycles. The number of hydrogen-bond donors (Lipinski definition) is 0. The second-order valence-corrected chi connectivity index (χ2v) is 7.79. The summed E-state index contributed by atoms with van der Waals surface area (Å²) in [5.74, 6) is -2.38. The van der Waals surface area contributed by atoms with Crippen molar-refractivity contribution in [3.63, 3.8) is 0 Å². The zero-order valence-electron chi connectivity index (χ0n) is 17.2. The quantitative estimate of drug-likeness (QED) is 0.432. The van der Waals surface area contributed by atoms with Crippen molar-refractivity contribution in [1.29, 1.82) is 0 Å². The molecule has 2 aromatic rings. The molecule has 1 heterocycles. The molecule has 1 nitrogen and oxygen atoms in total. The zero-order valence-corrected chi connectivity index (χ0v) is 17.2. The van der Waals surface area contributed by atoms with E-state index in [1.54, 1.807) is 25.1 Å². The van der Waals surface area contributed by atoms with E-state index in [0.717, 1.165) is 24.8 Å². The van der Waals surface area contributed by atoms with Gasteiger partial charge in [0.1, 0.15) is 5.82 Å². The lowest BCUT2D eigenvalue weighted by molar-refractivity contribution is -0.00211. The van der Waals surface area contributed by atoms with E-state index in [4.69, 9.17) is 4.74 Å². The number of rotatable bonds is 7. The molecule has 1 aliphatic heterocycles. The Morgan fingerprint density at radius 2 is 1.79 bits per heavy atom. The third kappa shape index (κ3) is 5.11. The fraction of sp³-hybridized carbons (Fsp3) is 0.440. The van der Waals surface area contributed by atoms with E-state index in [-0.39, 0.29) is 22.6 Å². The van der Waals surface area contributed by atoms with Crippen molar-refractivity contribution in [3.8, 4) is 11.1 Å². The lowest BCUT2D eigenvalue weighted by atomic mass is 9.89. The summed E-state index contributed by atoms with van der Waals surface area (Å²) >= 11 is 0. The van der Waals surface area contributed by atoms with Gasteiger partial charge in [0, 0.05) is 22.6 Å². The Labute approximate surface area is 171 Å². The van der Waals surface area contributed by atoms with Crippen LogP contribution in [0.2, 0.25) is 0 Å². The Morgan fingerprint density at radius 3 is 2.45 bits per heavy atom. The predicted octanol–water partition coefficient (Wildman–Crippen LogP) is 7.65. The van der Waals surface area contributed by atoms with E-state index >= 15 is 0 Å². The number of ether oxygens (including phenoxy) is 1. The summed E-state index contributed by atoms with van der Waals surface area (Å²) in [6.45, 7) is 4.50. The van der Waals surface area contributed by atoms with Crippen LogP contribution in [0.4, 0.5) is 13.2 Å². The van der Waals surface area contributed by atoms with Crippen molar-refractivity contribution < 1.29 is 17.9 Å². The fourth-order valence-corrected chi connectivity index (χ4v) is 4.00. The first-order valence-electron chi connectivity index (χ1n) is 10.6. The van der Waals surface area contributed by atoms with Crippen molar-refractivity contribution in [2.75, 3.05) is 6.61 Å². The minimum Gasteiger partial charge on any atom is -0.378 e. The molecule has 3 rings (SSSR count). The number of hydrogen-bond acceptors (Lipinski definition) is 1. The molecule has 29 heavy (non-hydrogen) atoms. The Morgan fingerprint density at radius 1 is 1.00 bits per heavy atom. The van der Waals surface area contributed by atoms with E-state index < -0.39 is 17.5 Å². The van der Waals surface area contributed by atoms with Crippen molar-refractivity contribution in [1.82, 2.24) is 0 Å². The molecule has 0 aliphatic carbocycles. The Kier molecular flexibility index (Phi) is 7.54. The number of halogens is 3. The van der Waals surface area contributed by atoms with Gasteiger partial charge in [-0.2, -0.15) is 0 Å². The molecule has 2 atom stereocenters. The van der Waals surface area contributed by atoms with Crippen molar-refractivity contribution >= 4 is 6.08 Å². The van der Waals surface area contributed by atoms with Crippen LogP contribution in [0.5, 0.6) is 0 Å². The number of allylic oxidation sites excluding steroid dienone is 1. The molecule has 0 N–H and O–H groups in total. The molecule has 0 bridgehead atoms. The minimum absolute atomic E-state index is 0.0596. The van der Waals surface area contributed by atoms with Gasteiger partial charge in [-0.3, -0.25) is 0 Å². The molecule has 0 radical (unpaired) electrons. The summed E-state index contributed by atoms with van der Waals surface area (Å²) in [6.07, 6.45) is 10.0. The summed E-state index contributed by atoms with van der Waals surface area (Å²) in [7, 11) is 0. The van der Waals surface area contributed by atoms with Crippen LogP contribution < -0.4 is 0 Å². The SMILES string of the molecule is C/C=C/c1ccc(-c2ccc(C3CCC(CCCCC)OC3)cc2F)c(F)c1F. The van der Waals surface area contributed by atoms with Gasteiger partial charge in [-0.1, -0.05) is 62.6 Å². The molecule has 1 fully saturated rings. The van der Waals surface area contributed by atoms with Gasteiger partial charge in [0.05, 0.1) is 12.7 Å². The van der Waals surface area contributed by atoms with Gasteiger partial charge >= 0.3 is 0 Å². The van der Waals surface area contributed by atoms with Gasteiger partial charge in [0.15, 0.2) is 11.6 Å². The minimum atomic E-state index is -1.02. The number of benzene rings is 2. The van der Waals surface area contributed by atoms with Crippen LogP contribution >= 0.6 is 0 Å². The van der Waals surface area contributed by atoms with Gasteiger partial charge in [-0.25, -0.2) is 13.2 Å². The molecular weight excluding hydrogens is 373 g/mol. The van der Waals surface area contributed by atoms with E-state index in [9.17, 15) is 13.2 Å². The highest BCUT2D eigenvalue weighted by Gasteiger charge is 2.24. The first kappa shape index (κ1) is 21.6. The molecule has 1 saturated heterocycles. The maximum absolute atomic E-state index is 14.8. The van der Waals surface area contributed by atoms with Crippen molar-refractivity contribution in [2.45, 2.75) is 64.4 Å². The predicted molar refractivity (Wildman–Crippen MR) is 112 cm³/mol. The van der Waals surface area contributed by atoms with E-state index in [2.05, 4.69) is 6.92 Å². The third-order valence-electron chi connectivity index (χ3n) is 5.71. The first-order chi connectivity index (χ1) is 14.0. The van der Waals surface area contributed by atoms with Crippen molar-refractivity contribution in [2.24, 2.45) is 0 Å². The Balaban J connectivity index is 1.72. The van der Waals surface area contributed by atoms with Gasteiger partial charge in [-0.15, -0.1) is 0 Å². The van der Waals surface area contributed by atoms with Gasteiger partial charge in [0.2, 0.25) is 0 Å². The van der Waals surface area contributed by atoms with Gasteiger partial charge < -0.3 is 4.74 Å². The molecule has 1 aliphatic rings. The topological polar surface area (TPSA) is 9.23 Å². The first-order valence-corrected chi connectivity index (χ1v) is 10.6. The Bertz CT molecular complexity index is 851. The van der Waals surface area contributed by atoms with E-state index in [0.29, 0.717) is 12.7 Å². The summed E-state index contributed by atoms with van der Waals surface area (Å²) in [5, 5.41) is 0. The maximum Gasteiger partial charge on any atom is 0.167 e. The summed E-state index contributed by atoms with van der Waals surface area (Å²) in [6, 6.07) is 7.69. The van der Waals surface area contributed by atoms with E-state index in [1.807, 2.05) is 0 Å². The molecule has 2 aromatic carbocycles. The highest BCUT2D eigenvalue weighted by atomic mass is 19.2. The molecule has 2 unspecified atom stereocenters. The van der Waals surface area contributed by atoms with Crippen LogP contribution in [0.25, 0.3) is 17.2 Å². The molecule has 0 amide bonds. The van der Waals surface area contributed by atoms with Crippen LogP contribution in [0.3, 0.4) is 0 Å². The van der Waals surface area contributed by atoms with Gasteiger partial charge in [0.25, 0.3) is 0 Å². The highest BCUT2D eigenvalue weighted by molar-refractivity contribution is 5.68. The van der Waals surface area contributed by atoms with E-state index in [1.165, 1.54) is 43.5 Å². The summed E-state index contributed by atoms with van der Waals surface area (Å²) in [4.78, 5) is 0. The molecule has 0 aromatic heterocycles. The monoisotopic (exact) mass is 402 g/mol. The largest absolute Gasteiger partial charge is 0.378 e. The highest BCUT2D eigenvalue weighted by Crippen LogP contribution is 2.34. The standard InChI is InChI=1S/C25H29F3O/c1-3-5-6-8-20-12-9-19(16-29-20)18-11-13-21(23(26)15-18)22-14-10-17(7-4-2)24(27)25(22)28/h4,7,10-11,13-15,19-20H,3,5-6,8-9,12,16H2,1-2H3/b7-4+. The second kappa shape index (κ2) is 10.1. The summed E-state index contributed by atoms with van der Waals surface area (Å²) in [5.41, 5.74) is 1.02. The molecular formula is C25H29F3O. The molecule has 0 spiro atoms. The normalized spacial score (nSPS) is 19.8.